The van der Waals surface area contributed by atoms with Gasteiger partial charge in [0.25, 0.3) is 0 Å². The highest BCUT2D eigenvalue weighted by atomic mass is 16.6. The molecule has 0 bridgehead atoms. The third-order valence-corrected chi connectivity index (χ3v) is 7.23. The second-order valence-electron chi connectivity index (χ2n) is 10.8. The fourth-order valence-electron chi connectivity index (χ4n) is 5.31. The summed E-state index contributed by atoms with van der Waals surface area (Å²) in [7, 11) is 0. The molecular weight excluding hydrogens is 424 g/mol. The number of hydrogen-bond donors (Lipinski definition) is 0. The van der Waals surface area contributed by atoms with Crippen molar-refractivity contribution in [3.8, 4) is 16.9 Å². The number of amides is 1. The summed E-state index contributed by atoms with van der Waals surface area (Å²) in [6.45, 7) is 11.4. The standard InChI is InChI=1S/C29H34N2O3/c1-19-17-25-22(18-24(19)23-9-8-21-7-6-14-30-26(21)20(23)2)10-11-29(33-25)12-15-31(16-13-29)27(32)34-28(3,4)5/h6-9,14,17-18H,10-13,15-16H2,1-5H3. The van der Waals surface area contributed by atoms with Gasteiger partial charge in [0.2, 0.25) is 0 Å². The van der Waals surface area contributed by atoms with E-state index in [0.29, 0.717) is 13.1 Å². The minimum atomic E-state index is -0.471. The van der Waals surface area contributed by atoms with Crippen LogP contribution in [-0.2, 0) is 11.2 Å². The van der Waals surface area contributed by atoms with Crippen molar-refractivity contribution in [3.05, 3.63) is 59.3 Å². The number of fused-ring (bicyclic) bond motifs is 2. The van der Waals surface area contributed by atoms with E-state index >= 15 is 0 Å². The number of piperidine rings is 1. The fraction of sp³-hybridized carbons (Fsp3) is 0.448. The molecule has 0 aliphatic carbocycles. The Hall–Kier alpha value is -3.08. The molecule has 0 radical (unpaired) electrons. The Kier molecular flexibility index (Phi) is 5.54. The Morgan fingerprint density at radius 1 is 1.06 bits per heavy atom. The Labute approximate surface area is 202 Å². The molecule has 34 heavy (non-hydrogen) atoms. The lowest BCUT2D eigenvalue weighted by Crippen LogP contribution is -2.52. The summed E-state index contributed by atoms with van der Waals surface area (Å²) in [5.74, 6) is 0.995. The summed E-state index contributed by atoms with van der Waals surface area (Å²) in [6.07, 6.45) is 5.27. The van der Waals surface area contributed by atoms with E-state index in [4.69, 9.17) is 9.47 Å². The van der Waals surface area contributed by atoms with Gasteiger partial charge in [0, 0.05) is 37.5 Å². The van der Waals surface area contributed by atoms with Gasteiger partial charge in [0.1, 0.15) is 17.0 Å². The van der Waals surface area contributed by atoms with E-state index in [1.807, 2.05) is 37.9 Å². The maximum Gasteiger partial charge on any atom is 0.410 e. The highest BCUT2D eigenvalue weighted by molar-refractivity contribution is 5.89. The van der Waals surface area contributed by atoms with Gasteiger partial charge < -0.3 is 14.4 Å². The Balaban J connectivity index is 1.36. The maximum atomic E-state index is 12.5. The van der Waals surface area contributed by atoms with Gasteiger partial charge >= 0.3 is 6.09 Å². The SMILES string of the molecule is Cc1cc2c(cc1-c1ccc3cccnc3c1C)CCC1(CCN(C(=O)OC(C)(C)C)CC1)O2. The van der Waals surface area contributed by atoms with Crippen LogP contribution >= 0.6 is 0 Å². The number of benzene rings is 2. The number of carbonyl (C=O) groups excluding carboxylic acids is 1. The number of rotatable bonds is 1. The van der Waals surface area contributed by atoms with Crippen LogP contribution in [0.25, 0.3) is 22.0 Å². The highest BCUT2D eigenvalue weighted by Gasteiger charge is 2.41. The van der Waals surface area contributed by atoms with Crippen LogP contribution in [0.5, 0.6) is 5.75 Å². The van der Waals surface area contributed by atoms with Crippen molar-refractivity contribution in [3.63, 3.8) is 0 Å². The summed E-state index contributed by atoms with van der Waals surface area (Å²) in [6, 6.07) is 13.0. The van der Waals surface area contributed by atoms with Gasteiger partial charge in [-0.1, -0.05) is 18.2 Å². The number of nitrogens with zero attached hydrogens (tertiary/aromatic N) is 2. The number of aromatic nitrogens is 1. The lowest BCUT2D eigenvalue weighted by molar-refractivity contribution is -0.0272. The monoisotopic (exact) mass is 458 g/mol. The molecule has 1 amide bonds. The van der Waals surface area contributed by atoms with Gasteiger partial charge in [-0.25, -0.2) is 4.79 Å². The summed E-state index contributed by atoms with van der Waals surface area (Å²) in [4.78, 5) is 18.9. The number of hydrogen-bond acceptors (Lipinski definition) is 4. The maximum absolute atomic E-state index is 12.5. The largest absolute Gasteiger partial charge is 0.487 e. The molecule has 2 aliphatic heterocycles. The van der Waals surface area contributed by atoms with Crippen molar-refractivity contribution in [1.82, 2.24) is 9.88 Å². The third-order valence-electron chi connectivity index (χ3n) is 7.23. The molecule has 0 atom stereocenters. The Morgan fingerprint density at radius 2 is 1.82 bits per heavy atom. The molecule has 1 spiro atoms. The van der Waals surface area contributed by atoms with Crippen molar-refractivity contribution in [2.45, 2.75) is 71.5 Å². The van der Waals surface area contributed by atoms with Crippen molar-refractivity contribution in [1.29, 1.82) is 0 Å². The molecule has 178 valence electrons. The normalized spacial score (nSPS) is 17.4. The van der Waals surface area contributed by atoms with Crippen molar-refractivity contribution in [2.75, 3.05) is 13.1 Å². The van der Waals surface area contributed by atoms with Crippen LogP contribution in [0.3, 0.4) is 0 Å². The molecule has 3 aromatic rings. The van der Waals surface area contributed by atoms with Crippen LogP contribution in [0.1, 0.15) is 56.7 Å². The molecule has 2 aliphatic rings. The molecule has 3 heterocycles. The number of ether oxygens (including phenoxy) is 2. The van der Waals surface area contributed by atoms with Crippen LogP contribution in [0, 0.1) is 13.8 Å². The van der Waals surface area contributed by atoms with E-state index in [1.54, 1.807) is 0 Å². The van der Waals surface area contributed by atoms with E-state index in [1.165, 1.54) is 33.2 Å². The van der Waals surface area contributed by atoms with Gasteiger partial charge in [-0.2, -0.15) is 0 Å². The second-order valence-corrected chi connectivity index (χ2v) is 10.8. The summed E-state index contributed by atoms with van der Waals surface area (Å²) in [5, 5.41) is 1.17. The average Bonchev–Trinajstić information content (AvgIpc) is 2.79. The molecule has 1 aromatic heterocycles. The first-order chi connectivity index (χ1) is 16.1. The minimum Gasteiger partial charge on any atom is -0.487 e. The topological polar surface area (TPSA) is 51.7 Å². The molecule has 0 N–H and O–H groups in total. The summed E-state index contributed by atoms with van der Waals surface area (Å²) >= 11 is 0. The van der Waals surface area contributed by atoms with Crippen molar-refractivity contribution in [2.24, 2.45) is 0 Å². The first kappa shape index (κ1) is 22.7. The van der Waals surface area contributed by atoms with E-state index in [-0.39, 0.29) is 11.7 Å². The number of likely N-dealkylation sites (tertiary alicyclic amines) is 1. The van der Waals surface area contributed by atoms with Gasteiger partial charge in [-0.3, -0.25) is 4.98 Å². The van der Waals surface area contributed by atoms with Crippen molar-refractivity contribution >= 4 is 17.0 Å². The van der Waals surface area contributed by atoms with E-state index in [0.717, 1.165) is 36.9 Å². The van der Waals surface area contributed by atoms with Crippen LogP contribution in [0.2, 0.25) is 0 Å². The lowest BCUT2D eigenvalue weighted by Gasteiger charge is -2.44. The predicted octanol–water partition coefficient (Wildman–Crippen LogP) is 6.61. The van der Waals surface area contributed by atoms with Crippen LogP contribution in [0.15, 0.2) is 42.6 Å². The van der Waals surface area contributed by atoms with Gasteiger partial charge in [-0.15, -0.1) is 0 Å². The average molecular weight is 459 g/mol. The van der Waals surface area contributed by atoms with Gasteiger partial charge in [0.05, 0.1) is 5.52 Å². The van der Waals surface area contributed by atoms with Gasteiger partial charge in [0.15, 0.2) is 0 Å². The second kappa shape index (κ2) is 8.30. The summed E-state index contributed by atoms with van der Waals surface area (Å²) < 4.78 is 12.2. The molecule has 0 saturated carbocycles. The lowest BCUT2D eigenvalue weighted by atomic mass is 9.82. The quantitative estimate of drug-likeness (QED) is 0.411. The molecule has 1 fully saturated rings. The first-order valence-electron chi connectivity index (χ1n) is 12.3. The zero-order valence-corrected chi connectivity index (χ0v) is 20.9. The van der Waals surface area contributed by atoms with Gasteiger partial charge in [-0.05, 0) is 93.5 Å². The molecular formula is C29H34N2O3. The molecule has 5 rings (SSSR count). The zero-order valence-electron chi connectivity index (χ0n) is 20.9. The Bertz CT molecular complexity index is 1250. The van der Waals surface area contributed by atoms with E-state index < -0.39 is 5.60 Å². The molecule has 0 unspecified atom stereocenters. The van der Waals surface area contributed by atoms with E-state index in [2.05, 4.69) is 49.2 Å². The number of carbonyl (C=O) groups is 1. The van der Waals surface area contributed by atoms with Crippen LogP contribution < -0.4 is 4.74 Å². The molecule has 1 saturated heterocycles. The molecule has 5 heteroatoms. The van der Waals surface area contributed by atoms with Crippen molar-refractivity contribution < 1.29 is 14.3 Å². The predicted molar refractivity (Wildman–Crippen MR) is 135 cm³/mol. The minimum absolute atomic E-state index is 0.192. The smallest absolute Gasteiger partial charge is 0.410 e. The van der Waals surface area contributed by atoms with Crippen LogP contribution in [-0.4, -0.2) is 40.3 Å². The first-order valence-corrected chi connectivity index (χ1v) is 12.3. The Morgan fingerprint density at radius 3 is 2.56 bits per heavy atom. The number of aryl methyl sites for hydroxylation is 3. The third kappa shape index (κ3) is 4.24. The number of pyridine rings is 1. The summed E-state index contributed by atoms with van der Waals surface area (Å²) in [5.41, 5.74) is 6.57. The van der Waals surface area contributed by atoms with Crippen LogP contribution in [0.4, 0.5) is 4.79 Å². The van der Waals surface area contributed by atoms with E-state index in [9.17, 15) is 4.79 Å². The molecule has 2 aromatic carbocycles. The molecule has 5 nitrogen and oxygen atoms in total. The zero-order chi connectivity index (χ0) is 24.1. The highest BCUT2D eigenvalue weighted by Crippen LogP contribution is 2.43. The fourth-order valence-corrected chi connectivity index (χ4v) is 5.31.